The first-order valence-corrected chi connectivity index (χ1v) is 5.86. The summed E-state index contributed by atoms with van der Waals surface area (Å²) < 4.78 is 6.07. The van der Waals surface area contributed by atoms with Crippen molar-refractivity contribution in [1.29, 1.82) is 0 Å². The summed E-state index contributed by atoms with van der Waals surface area (Å²) in [5, 5.41) is 9.83. The summed E-state index contributed by atoms with van der Waals surface area (Å²) in [5.41, 5.74) is 0. The third-order valence-corrected chi connectivity index (χ3v) is 4.02. The van der Waals surface area contributed by atoms with Crippen LogP contribution in [0.5, 0.6) is 0 Å². The highest BCUT2D eigenvalue weighted by molar-refractivity contribution is 5.16. The molecule has 1 N–H and O–H groups in total. The zero-order chi connectivity index (χ0) is 9.54. The van der Waals surface area contributed by atoms with Gasteiger partial charge in [-0.15, -0.1) is 0 Å². The van der Waals surface area contributed by atoms with Crippen molar-refractivity contribution in [3.63, 3.8) is 0 Å². The first-order valence-electron chi connectivity index (χ1n) is 5.86. The summed E-state index contributed by atoms with van der Waals surface area (Å²) in [6.45, 7) is 0. The van der Waals surface area contributed by atoms with Crippen LogP contribution in [-0.2, 0) is 4.74 Å². The van der Waals surface area contributed by atoms with E-state index in [1.807, 2.05) is 0 Å². The van der Waals surface area contributed by atoms with E-state index in [1.165, 1.54) is 25.7 Å². The number of hydrogen-bond donors (Lipinski definition) is 1. The summed E-state index contributed by atoms with van der Waals surface area (Å²) in [7, 11) is 0. The minimum absolute atomic E-state index is 0.151. The number of rotatable bonds is 2. The van der Waals surface area contributed by atoms with E-state index in [-0.39, 0.29) is 6.10 Å². The van der Waals surface area contributed by atoms with E-state index in [0.717, 1.165) is 6.42 Å². The van der Waals surface area contributed by atoms with Gasteiger partial charge in [0.1, 0.15) is 0 Å². The van der Waals surface area contributed by atoms with Crippen molar-refractivity contribution in [3.05, 3.63) is 12.2 Å². The fourth-order valence-corrected chi connectivity index (χ4v) is 3.19. The minimum Gasteiger partial charge on any atom is -0.392 e. The Morgan fingerprint density at radius 1 is 1.14 bits per heavy atom. The molecule has 14 heavy (non-hydrogen) atoms. The van der Waals surface area contributed by atoms with Gasteiger partial charge in [0.25, 0.3) is 0 Å². The number of hydrogen-bond acceptors (Lipinski definition) is 2. The average molecular weight is 194 g/mol. The van der Waals surface area contributed by atoms with Crippen molar-refractivity contribution >= 4 is 0 Å². The van der Waals surface area contributed by atoms with E-state index in [4.69, 9.17) is 4.74 Å². The SMILES string of the molecule is OC1C2C=CC1C(OC1CCCC1)C2. The number of aliphatic hydroxyl groups is 1. The van der Waals surface area contributed by atoms with Crippen molar-refractivity contribution in [2.45, 2.75) is 50.4 Å². The molecule has 4 unspecified atom stereocenters. The maximum absolute atomic E-state index is 9.83. The first kappa shape index (κ1) is 8.93. The van der Waals surface area contributed by atoms with Gasteiger partial charge < -0.3 is 9.84 Å². The van der Waals surface area contributed by atoms with Crippen LogP contribution in [-0.4, -0.2) is 23.4 Å². The van der Waals surface area contributed by atoms with Crippen LogP contribution in [0.4, 0.5) is 0 Å². The molecule has 0 saturated heterocycles. The molecule has 2 nitrogen and oxygen atoms in total. The molecule has 2 saturated carbocycles. The Labute approximate surface area is 85.0 Å². The van der Waals surface area contributed by atoms with Crippen LogP contribution in [0.25, 0.3) is 0 Å². The van der Waals surface area contributed by atoms with Gasteiger partial charge in [0.2, 0.25) is 0 Å². The van der Waals surface area contributed by atoms with Crippen molar-refractivity contribution in [2.24, 2.45) is 11.8 Å². The molecule has 0 aromatic heterocycles. The van der Waals surface area contributed by atoms with Crippen LogP contribution >= 0.6 is 0 Å². The van der Waals surface area contributed by atoms with E-state index < -0.39 is 0 Å². The highest BCUT2D eigenvalue weighted by atomic mass is 16.5. The lowest BCUT2D eigenvalue weighted by Gasteiger charge is -2.23. The Kier molecular flexibility index (Phi) is 2.14. The summed E-state index contributed by atoms with van der Waals surface area (Å²) >= 11 is 0. The molecule has 0 heterocycles. The summed E-state index contributed by atoms with van der Waals surface area (Å²) in [4.78, 5) is 0. The van der Waals surface area contributed by atoms with Crippen LogP contribution in [0.2, 0.25) is 0 Å². The van der Waals surface area contributed by atoms with Gasteiger partial charge in [0, 0.05) is 11.8 Å². The lowest BCUT2D eigenvalue weighted by atomic mass is 10.0. The highest BCUT2D eigenvalue weighted by Crippen LogP contribution is 2.42. The van der Waals surface area contributed by atoms with Crippen LogP contribution < -0.4 is 0 Å². The summed E-state index contributed by atoms with van der Waals surface area (Å²) in [6, 6.07) is 0. The van der Waals surface area contributed by atoms with Gasteiger partial charge in [-0.05, 0) is 19.3 Å². The Morgan fingerprint density at radius 2 is 1.93 bits per heavy atom. The second-order valence-corrected chi connectivity index (χ2v) is 4.93. The second-order valence-electron chi connectivity index (χ2n) is 4.93. The van der Waals surface area contributed by atoms with Crippen molar-refractivity contribution in [3.8, 4) is 0 Å². The highest BCUT2D eigenvalue weighted by Gasteiger charge is 2.45. The molecular weight excluding hydrogens is 176 g/mol. The van der Waals surface area contributed by atoms with Gasteiger partial charge >= 0.3 is 0 Å². The predicted octanol–water partition coefficient (Wildman–Crippen LogP) is 1.88. The Morgan fingerprint density at radius 3 is 2.50 bits per heavy atom. The lowest BCUT2D eigenvalue weighted by Crippen LogP contribution is -2.26. The van der Waals surface area contributed by atoms with Crippen molar-refractivity contribution in [2.75, 3.05) is 0 Å². The smallest absolute Gasteiger partial charge is 0.0691 e. The molecule has 0 spiro atoms. The van der Waals surface area contributed by atoms with Crippen LogP contribution in [0, 0.1) is 11.8 Å². The quantitative estimate of drug-likeness (QED) is 0.680. The molecule has 0 radical (unpaired) electrons. The fourth-order valence-electron chi connectivity index (χ4n) is 3.19. The van der Waals surface area contributed by atoms with Gasteiger partial charge in [-0.25, -0.2) is 0 Å². The average Bonchev–Trinajstić information content (AvgIpc) is 2.85. The van der Waals surface area contributed by atoms with E-state index in [1.54, 1.807) is 0 Å². The Balaban J connectivity index is 1.62. The van der Waals surface area contributed by atoms with Gasteiger partial charge in [-0.3, -0.25) is 0 Å². The molecule has 3 aliphatic rings. The largest absolute Gasteiger partial charge is 0.392 e. The number of ether oxygens (including phenoxy) is 1. The van der Waals surface area contributed by atoms with E-state index in [0.29, 0.717) is 24.0 Å². The van der Waals surface area contributed by atoms with Gasteiger partial charge in [-0.1, -0.05) is 25.0 Å². The third kappa shape index (κ3) is 1.32. The molecule has 2 fully saturated rings. The Hall–Kier alpha value is -0.340. The molecule has 0 aliphatic heterocycles. The van der Waals surface area contributed by atoms with Crippen molar-refractivity contribution in [1.82, 2.24) is 0 Å². The zero-order valence-electron chi connectivity index (χ0n) is 8.43. The van der Waals surface area contributed by atoms with Crippen molar-refractivity contribution < 1.29 is 9.84 Å². The van der Waals surface area contributed by atoms with E-state index in [9.17, 15) is 5.11 Å². The molecule has 0 aromatic rings. The predicted molar refractivity (Wildman–Crippen MR) is 53.9 cm³/mol. The maximum Gasteiger partial charge on any atom is 0.0691 e. The molecule has 3 rings (SSSR count). The number of fused-ring (bicyclic) bond motifs is 2. The lowest BCUT2D eigenvalue weighted by molar-refractivity contribution is -0.0297. The van der Waals surface area contributed by atoms with E-state index in [2.05, 4.69) is 12.2 Å². The maximum atomic E-state index is 9.83. The third-order valence-electron chi connectivity index (χ3n) is 4.02. The second kappa shape index (κ2) is 3.35. The molecule has 0 aromatic carbocycles. The standard InChI is InChI=1S/C12H18O2/c13-12-8-5-6-10(12)11(7-8)14-9-3-1-2-4-9/h5-6,8-13H,1-4,7H2. The molecule has 3 aliphatic carbocycles. The summed E-state index contributed by atoms with van der Waals surface area (Å²) in [6.07, 6.45) is 11.1. The van der Waals surface area contributed by atoms with Gasteiger partial charge in [0.05, 0.1) is 18.3 Å². The topological polar surface area (TPSA) is 29.5 Å². The monoisotopic (exact) mass is 194 g/mol. The van der Waals surface area contributed by atoms with Gasteiger partial charge in [-0.2, -0.15) is 0 Å². The molecule has 2 bridgehead atoms. The van der Waals surface area contributed by atoms with Crippen LogP contribution in [0.15, 0.2) is 12.2 Å². The zero-order valence-corrected chi connectivity index (χ0v) is 8.43. The number of aliphatic hydroxyl groups excluding tert-OH is 1. The molecule has 78 valence electrons. The minimum atomic E-state index is -0.151. The normalized spacial score (nSPS) is 46.6. The Bertz CT molecular complexity index is 243. The molecular formula is C12H18O2. The van der Waals surface area contributed by atoms with E-state index >= 15 is 0 Å². The van der Waals surface area contributed by atoms with Gasteiger partial charge in [0.15, 0.2) is 0 Å². The molecule has 4 atom stereocenters. The summed E-state index contributed by atoms with van der Waals surface area (Å²) in [5.74, 6) is 0.673. The molecule has 0 amide bonds. The van der Waals surface area contributed by atoms with Crippen LogP contribution in [0.1, 0.15) is 32.1 Å². The first-order chi connectivity index (χ1) is 6.84. The fraction of sp³-hybridized carbons (Fsp3) is 0.833. The van der Waals surface area contributed by atoms with Crippen LogP contribution in [0.3, 0.4) is 0 Å². The molecule has 2 heteroatoms.